The second-order valence-corrected chi connectivity index (χ2v) is 9.30. The van der Waals surface area contributed by atoms with Crippen molar-refractivity contribution in [1.82, 2.24) is 14.7 Å². The molecule has 1 aliphatic heterocycles. The maximum atomic E-state index is 14.8. The van der Waals surface area contributed by atoms with E-state index in [2.05, 4.69) is 5.10 Å². The molecule has 0 unspecified atom stereocenters. The summed E-state index contributed by atoms with van der Waals surface area (Å²) in [6, 6.07) is 16.3. The predicted octanol–water partition coefficient (Wildman–Crippen LogP) is 4.76. The second kappa shape index (κ2) is 10.0. The molecule has 0 fully saturated rings. The molecular formula is C29H28FN3O4. The van der Waals surface area contributed by atoms with E-state index in [9.17, 15) is 19.1 Å². The number of hydrogen-bond acceptors (Lipinski definition) is 4. The molecule has 7 nitrogen and oxygen atoms in total. The molecule has 1 N–H and O–H groups in total. The Morgan fingerprint density at radius 3 is 2.68 bits per heavy atom. The standard InChI is InChI=1S/C29H28FN3O4/c1-18-20-5-3-4-6-26(20)33(31-18)14-12-28(34)32-13-11-22-24(17-32)21(8-9-25(22)30)23-15-19(16-29(35)36)7-10-27(23)37-2/h3-10,15H,11-14,16-17H2,1-2H3,(H,35,36). The number of aromatic nitrogens is 2. The monoisotopic (exact) mass is 501 g/mol. The smallest absolute Gasteiger partial charge is 0.307 e. The second-order valence-electron chi connectivity index (χ2n) is 9.30. The van der Waals surface area contributed by atoms with Gasteiger partial charge in [0.25, 0.3) is 0 Å². The van der Waals surface area contributed by atoms with Gasteiger partial charge in [-0.1, -0.05) is 30.3 Å². The maximum Gasteiger partial charge on any atom is 0.307 e. The minimum atomic E-state index is -0.936. The highest BCUT2D eigenvalue weighted by molar-refractivity contribution is 5.83. The summed E-state index contributed by atoms with van der Waals surface area (Å²) in [6.45, 7) is 3.11. The fraction of sp³-hybridized carbons (Fsp3) is 0.276. The number of fused-ring (bicyclic) bond motifs is 2. The van der Waals surface area contributed by atoms with Gasteiger partial charge in [0.1, 0.15) is 11.6 Å². The first-order chi connectivity index (χ1) is 17.9. The molecule has 0 saturated carbocycles. The minimum Gasteiger partial charge on any atom is -0.496 e. The van der Waals surface area contributed by atoms with Gasteiger partial charge in [-0.3, -0.25) is 14.3 Å². The summed E-state index contributed by atoms with van der Waals surface area (Å²) in [5, 5.41) is 14.9. The highest BCUT2D eigenvalue weighted by Crippen LogP contribution is 2.38. The zero-order chi connectivity index (χ0) is 26.1. The van der Waals surface area contributed by atoms with Crippen LogP contribution in [0.15, 0.2) is 54.6 Å². The average molecular weight is 502 g/mol. The number of hydrogen-bond donors (Lipinski definition) is 1. The van der Waals surface area contributed by atoms with E-state index in [1.807, 2.05) is 35.9 Å². The Labute approximate surface area is 214 Å². The van der Waals surface area contributed by atoms with Crippen molar-refractivity contribution in [3.63, 3.8) is 0 Å². The number of para-hydroxylation sites is 1. The molecule has 0 bridgehead atoms. The molecule has 2 heterocycles. The Morgan fingerprint density at radius 2 is 1.89 bits per heavy atom. The SMILES string of the molecule is COc1ccc(CC(=O)O)cc1-c1ccc(F)c2c1CN(C(=O)CCn1nc(C)c3ccccc31)CC2. The predicted molar refractivity (Wildman–Crippen MR) is 138 cm³/mol. The van der Waals surface area contributed by atoms with Crippen LogP contribution < -0.4 is 4.74 Å². The van der Waals surface area contributed by atoms with Gasteiger partial charge in [-0.25, -0.2) is 4.39 Å². The summed E-state index contributed by atoms with van der Waals surface area (Å²) < 4.78 is 22.2. The van der Waals surface area contributed by atoms with Crippen LogP contribution in [0.1, 0.15) is 28.8 Å². The zero-order valence-electron chi connectivity index (χ0n) is 20.8. The minimum absolute atomic E-state index is 0.0234. The van der Waals surface area contributed by atoms with Crippen LogP contribution >= 0.6 is 0 Å². The van der Waals surface area contributed by atoms with Gasteiger partial charge < -0.3 is 14.7 Å². The van der Waals surface area contributed by atoms with Gasteiger partial charge in [-0.2, -0.15) is 5.10 Å². The van der Waals surface area contributed by atoms with Crippen molar-refractivity contribution < 1.29 is 23.8 Å². The van der Waals surface area contributed by atoms with E-state index in [1.54, 1.807) is 36.3 Å². The number of aryl methyl sites for hydroxylation is 2. The molecule has 0 atom stereocenters. The Hall–Kier alpha value is -4.20. The molecule has 0 saturated heterocycles. The summed E-state index contributed by atoms with van der Waals surface area (Å²) in [5.41, 5.74) is 5.28. The number of carboxylic acid groups (broad SMARTS) is 1. The van der Waals surface area contributed by atoms with Crippen molar-refractivity contribution in [1.29, 1.82) is 0 Å². The summed E-state index contributed by atoms with van der Waals surface area (Å²) in [4.78, 5) is 26.3. The number of carbonyl (C=O) groups is 2. The average Bonchev–Trinajstić information content (AvgIpc) is 3.22. The number of amides is 1. The van der Waals surface area contributed by atoms with E-state index in [0.29, 0.717) is 42.0 Å². The highest BCUT2D eigenvalue weighted by Gasteiger charge is 2.26. The van der Waals surface area contributed by atoms with Gasteiger partial charge in [-0.15, -0.1) is 0 Å². The summed E-state index contributed by atoms with van der Waals surface area (Å²) >= 11 is 0. The van der Waals surface area contributed by atoms with Crippen molar-refractivity contribution in [2.24, 2.45) is 0 Å². The molecule has 5 rings (SSSR count). The van der Waals surface area contributed by atoms with Crippen LogP contribution in [0.5, 0.6) is 5.75 Å². The third-order valence-electron chi connectivity index (χ3n) is 7.00. The van der Waals surface area contributed by atoms with Crippen LogP contribution in [0.25, 0.3) is 22.0 Å². The molecule has 37 heavy (non-hydrogen) atoms. The van der Waals surface area contributed by atoms with E-state index < -0.39 is 5.97 Å². The van der Waals surface area contributed by atoms with Gasteiger partial charge in [0, 0.05) is 30.5 Å². The topological polar surface area (TPSA) is 84.7 Å². The molecule has 0 radical (unpaired) electrons. The Kier molecular flexibility index (Phi) is 6.65. The quantitative estimate of drug-likeness (QED) is 0.395. The van der Waals surface area contributed by atoms with Crippen molar-refractivity contribution >= 4 is 22.8 Å². The lowest BCUT2D eigenvalue weighted by atomic mass is 9.89. The van der Waals surface area contributed by atoms with E-state index in [4.69, 9.17) is 4.74 Å². The van der Waals surface area contributed by atoms with Crippen LogP contribution in [0.4, 0.5) is 4.39 Å². The first-order valence-electron chi connectivity index (χ1n) is 12.2. The van der Waals surface area contributed by atoms with E-state index in [1.165, 1.54) is 6.07 Å². The molecule has 4 aromatic rings. The Morgan fingerprint density at radius 1 is 1.08 bits per heavy atom. The van der Waals surface area contributed by atoms with Crippen LogP contribution in [0.2, 0.25) is 0 Å². The van der Waals surface area contributed by atoms with E-state index >= 15 is 0 Å². The molecule has 1 aromatic heterocycles. The first kappa shape index (κ1) is 24.5. The van der Waals surface area contributed by atoms with Crippen LogP contribution in [-0.4, -0.2) is 45.3 Å². The number of rotatable bonds is 7. The van der Waals surface area contributed by atoms with Crippen molar-refractivity contribution in [2.75, 3.05) is 13.7 Å². The molecule has 8 heteroatoms. The first-order valence-corrected chi connectivity index (χ1v) is 12.2. The number of carboxylic acids is 1. The van der Waals surface area contributed by atoms with Crippen molar-refractivity contribution in [2.45, 2.75) is 39.3 Å². The molecule has 0 aliphatic carbocycles. The molecular weight excluding hydrogens is 473 g/mol. The lowest BCUT2D eigenvalue weighted by Gasteiger charge is -2.31. The van der Waals surface area contributed by atoms with E-state index in [-0.39, 0.29) is 31.1 Å². The van der Waals surface area contributed by atoms with Crippen LogP contribution in [-0.2, 0) is 35.5 Å². The van der Waals surface area contributed by atoms with Crippen LogP contribution in [0, 0.1) is 12.7 Å². The lowest BCUT2D eigenvalue weighted by Crippen LogP contribution is -2.37. The number of halogens is 1. The van der Waals surface area contributed by atoms with Gasteiger partial charge >= 0.3 is 5.97 Å². The Bertz CT molecular complexity index is 1510. The summed E-state index contributed by atoms with van der Waals surface area (Å²) in [5.74, 6) is -0.698. The molecule has 1 aliphatic rings. The van der Waals surface area contributed by atoms with Gasteiger partial charge in [0.15, 0.2) is 0 Å². The fourth-order valence-electron chi connectivity index (χ4n) is 5.17. The van der Waals surface area contributed by atoms with E-state index in [0.717, 1.165) is 27.7 Å². The van der Waals surface area contributed by atoms with Crippen molar-refractivity contribution in [3.8, 4) is 16.9 Å². The molecule has 3 aromatic carbocycles. The zero-order valence-corrected chi connectivity index (χ0v) is 20.8. The van der Waals surface area contributed by atoms with Gasteiger partial charge in [0.05, 0.1) is 31.3 Å². The number of methoxy groups -OCH3 is 1. The normalized spacial score (nSPS) is 13.0. The summed E-state index contributed by atoms with van der Waals surface area (Å²) in [7, 11) is 1.54. The maximum absolute atomic E-state index is 14.8. The number of carbonyl (C=O) groups excluding carboxylic acids is 1. The van der Waals surface area contributed by atoms with Crippen LogP contribution in [0.3, 0.4) is 0 Å². The third-order valence-corrected chi connectivity index (χ3v) is 7.00. The lowest BCUT2D eigenvalue weighted by molar-refractivity contribution is -0.136. The Balaban J connectivity index is 1.42. The van der Waals surface area contributed by atoms with Gasteiger partial charge in [0.2, 0.25) is 5.91 Å². The third kappa shape index (κ3) is 4.79. The number of aliphatic carboxylic acids is 1. The number of ether oxygens (including phenoxy) is 1. The fourth-order valence-corrected chi connectivity index (χ4v) is 5.17. The summed E-state index contributed by atoms with van der Waals surface area (Å²) in [6.07, 6.45) is 0.552. The largest absolute Gasteiger partial charge is 0.496 e. The highest BCUT2D eigenvalue weighted by atomic mass is 19.1. The van der Waals surface area contributed by atoms with Gasteiger partial charge in [-0.05, 0) is 59.9 Å². The number of nitrogens with zero attached hydrogens (tertiary/aromatic N) is 3. The molecule has 0 spiro atoms. The van der Waals surface area contributed by atoms with Crippen molar-refractivity contribution in [3.05, 3.63) is 82.8 Å². The molecule has 1 amide bonds. The number of benzene rings is 3. The molecule has 190 valence electrons.